The first-order chi connectivity index (χ1) is 37.5. The molecule has 0 spiro atoms. The molecule has 0 aliphatic carbocycles. The first-order valence-corrected chi connectivity index (χ1v) is 34.5. The van der Waals surface area contributed by atoms with Crippen molar-refractivity contribution in [2.45, 2.75) is 206 Å². The third-order valence-corrected chi connectivity index (χ3v) is 15.9. The van der Waals surface area contributed by atoms with Crippen molar-refractivity contribution in [2.24, 2.45) is 0 Å². The number of nitrogens with one attached hydrogen (secondary N) is 8. The Morgan fingerprint density at radius 3 is 0.605 bits per heavy atom. The molecule has 13 heterocycles. The van der Waals surface area contributed by atoms with Crippen molar-refractivity contribution in [3.63, 3.8) is 0 Å². The maximum absolute atomic E-state index is 5.13. The lowest BCUT2D eigenvalue weighted by Crippen LogP contribution is -2.21. The summed E-state index contributed by atoms with van der Waals surface area (Å²) in [5.41, 5.74) is 0. The van der Waals surface area contributed by atoms with Crippen molar-refractivity contribution in [1.29, 1.82) is 0 Å². The SMILES string of the molecule is C.C1CCCNCC1.C1CCNC1.C1CCNC1.C1CCNCC1.C1CCNCC1.C1CCNCC1.C1CCNCC1.C1CCOC1.C1CCOCC1.C1CCSC1.C1CCSCC1.C1CNCCOC1.C1COCO1. The summed E-state index contributed by atoms with van der Waals surface area (Å²) in [6.07, 6.45) is 43.1. The molecule has 15 heteroatoms. The molecule has 13 aliphatic rings. The van der Waals surface area contributed by atoms with Gasteiger partial charge in [-0.05, 0) is 275 Å². The second-order valence-electron chi connectivity index (χ2n) is 21.0. The van der Waals surface area contributed by atoms with Crippen molar-refractivity contribution in [3.05, 3.63) is 0 Å². The van der Waals surface area contributed by atoms with Crippen LogP contribution in [-0.2, 0) is 23.7 Å². The van der Waals surface area contributed by atoms with Gasteiger partial charge in [-0.1, -0.05) is 52.4 Å². The fourth-order valence-corrected chi connectivity index (χ4v) is 10.8. The number of hydrogen-bond acceptors (Lipinski definition) is 15. The second kappa shape index (κ2) is 73.2. The molecule has 0 saturated carbocycles. The van der Waals surface area contributed by atoms with Crippen LogP contribution in [0.25, 0.3) is 0 Å². The molecule has 458 valence electrons. The molecule has 76 heavy (non-hydrogen) atoms. The van der Waals surface area contributed by atoms with Crippen molar-refractivity contribution in [2.75, 3.05) is 187 Å². The highest BCUT2D eigenvalue weighted by Crippen LogP contribution is 2.15. The third-order valence-electron chi connectivity index (χ3n) is 13.6. The summed E-state index contributed by atoms with van der Waals surface area (Å²) in [5, 5.41) is 26.2. The Kier molecular flexibility index (Phi) is 73.4. The van der Waals surface area contributed by atoms with E-state index < -0.39 is 0 Å². The summed E-state index contributed by atoms with van der Waals surface area (Å²) in [6.45, 7) is 27.5. The van der Waals surface area contributed by atoms with Gasteiger partial charge in [0.15, 0.2) is 0 Å². The summed E-state index contributed by atoms with van der Waals surface area (Å²) in [4.78, 5) is 0. The molecule has 0 radical (unpaired) electrons. The molecule has 8 N–H and O–H groups in total. The Labute approximate surface area is 481 Å². The molecule has 0 atom stereocenters. The fraction of sp³-hybridized carbons (Fsp3) is 1.00. The Bertz CT molecular complexity index is 654. The summed E-state index contributed by atoms with van der Waals surface area (Å²) in [7, 11) is 0. The Morgan fingerprint density at radius 1 is 0.171 bits per heavy atom. The number of ether oxygens (including phenoxy) is 5. The van der Waals surface area contributed by atoms with Gasteiger partial charge in [-0.3, -0.25) is 0 Å². The van der Waals surface area contributed by atoms with Gasteiger partial charge in [-0.25, -0.2) is 0 Å². The van der Waals surface area contributed by atoms with Crippen molar-refractivity contribution in [3.8, 4) is 0 Å². The van der Waals surface area contributed by atoms with E-state index in [1.54, 1.807) is 0 Å². The Morgan fingerprint density at radius 2 is 0.382 bits per heavy atom. The molecular weight excluding hydrogens is 989 g/mol. The van der Waals surface area contributed by atoms with E-state index >= 15 is 0 Å². The molecule has 13 nitrogen and oxygen atoms in total. The van der Waals surface area contributed by atoms with Crippen LogP contribution in [0.15, 0.2) is 0 Å². The van der Waals surface area contributed by atoms with Gasteiger partial charge in [-0.2, -0.15) is 23.5 Å². The lowest BCUT2D eigenvalue weighted by atomic mass is 10.2. The number of hydrogen-bond donors (Lipinski definition) is 8. The lowest BCUT2D eigenvalue weighted by Gasteiger charge is -2.08. The lowest BCUT2D eigenvalue weighted by molar-refractivity contribution is 0.0692. The quantitative estimate of drug-likeness (QED) is 0.117. The van der Waals surface area contributed by atoms with Crippen LogP contribution in [0.1, 0.15) is 206 Å². The monoisotopic (exact) mass is 1120 g/mol. The molecule has 0 unspecified atom stereocenters. The summed E-state index contributed by atoms with van der Waals surface area (Å²) >= 11 is 4.17. The number of thioether (sulfide) groups is 2. The standard InChI is InChI=1S/C6H13N.C5H11NO.4C5H11N.C5H10O.C5H10S.2C4H9N.C4H8O.C4H8S.C3H6O2.CH4/c1-2-4-6-7-5-3-1;1-2-6-3-5-7-4-1;6*1-2-4-6-5-3-1;4*1-2-4-5-3-1;1-2-5-3-4-1;/h7H,1-6H2;6H,1-5H2;4*6H,1-5H2;2*1-5H2;2*5H,1-4H2;2*1-4H2;1-3H2;1H4. The molecule has 0 aromatic rings. The zero-order chi connectivity index (χ0) is 53.0. The largest absolute Gasteiger partial charge is 0.381 e. The zero-order valence-corrected chi connectivity index (χ0v) is 50.9. The first-order valence-electron chi connectivity index (χ1n) is 32.2. The predicted molar refractivity (Wildman–Crippen MR) is 337 cm³/mol. The van der Waals surface area contributed by atoms with Gasteiger partial charge in [0.2, 0.25) is 0 Å². The molecule has 13 rings (SSSR count). The molecule has 0 aromatic carbocycles. The Balaban J connectivity index is 0.000000802. The van der Waals surface area contributed by atoms with Crippen LogP contribution in [0, 0.1) is 0 Å². The molecule has 13 aliphatic heterocycles. The van der Waals surface area contributed by atoms with Gasteiger partial charge in [0, 0.05) is 39.6 Å². The molecule has 13 saturated heterocycles. The maximum atomic E-state index is 5.13. The van der Waals surface area contributed by atoms with Crippen LogP contribution in [0.2, 0.25) is 0 Å². The zero-order valence-electron chi connectivity index (χ0n) is 49.3. The molecule has 0 bridgehead atoms. The molecule has 0 aromatic heterocycles. The van der Waals surface area contributed by atoms with E-state index in [0.717, 1.165) is 65.9 Å². The van der Waals surface area contributed by atoms with Gasteiger partial charge < -0.3 is 66.2 Å². The van der Waals surface area contributed by atoms with Crippen LogP contribution >= 0.6 is 23.5 Å². The van der Waals surface area contributed by atoms with Crippen LogP contribution in [-0.4, -0.2) is 187 Å². The van der Waals surface area contributed by atoms with Gasteiger partial charge in [0.25, 0.3) is 0 Å². The number of piperidine rings is 4. The topological polar surface area (TPSA) is 142 Å². The number of rotatable bonds is 0. The molecule has 13 fully saturated rings. The normalized spacial score (nSPS) is 23.7. The van der Waals surface area contributed by atoms with E-state index in [-0.39, 0.29) is 7.43 Å². The van der Waals surface area contributed by atoms with E-state index in [1.165, 1.54) is 314 Å². The average Bonchev–Trinajstić information content (AvgIpc) is 4.40. The minimum absolute atomic E-state index is 0. The van der Waals surface area contributed by atoms with Gasteiger partial charge >= 0.3 is 0 Å². The van der Waals surface area contributed by atoms with Crippen molar-refractivity contribution >= 4 is 23.5 Å². The van der Waals surface area contributed by atoms with Gasteiger partial charge in [0.1, 0.15) is 6.79 Å². The molecular formula is C61H132N8O5S2. The van der Waals surface area contributed by atoms with Crippen LogP contribution in [0.3, 0.4) is 0 Å². The van der Waals surface area contributed by atoms with E-state index in [9.17, 15) is 0 Å². The summed E-state index contributed by atoms with van der Waals surface area (Å²) in [5.74, 6) is 5.67. The highest BCUT2D eigenvalue weighted by atomic mass is 32.2. The molecule has 0 amide bonds. The van der Waals surface area contributed by atoms with Crippen LogP contribution in [0.4, 0.5) is 0 Å². The van der Waals surface area contributed by atoms with E-state index in [0.29, 0.717) is 6.79 Å². The highest BCUT2D eigenvalue weighted by Gasteiger charge is 2.01. The summed E-state index contributed by atoms with van der Waals surface area (Å²) < 4.78 is 24.6. The third kappa shape index (κ3) is 70.3. The van der Waals surface area contributed by atoms with Crippen molar-refractivity contribution < 1.29 is 23.7 Å². The average molecular weight is 1120 g/mol. The smallest absolute Gasteiger partial charge is 0.146 e. The predicted octanol–water partition coefficient (Wildman–Crippen LogP) is 11.0. The Hall–Kier alpha value is 0.180. The second-order valence-corrected chi connectivity index (χ2v) is 23.4. The van der Waals surface area contributed by atoms with Gasteiger partial charge in [0.05, 0.1) is 19.8 Å². The first kappa shape index (κ1) is 76.2. The van der Waals surface area contributed by atoms with Crippen LogP contribution in [0.5, 0.6) is 0 Å². The highest BCUT2D eigenvalue weighted by molar-refractivity contribution is 7.99. The fourth-order valence-electron chi connectivity index (χ4n) is 8.80. The van der Waals surface area contributed by atoms with Crippen molar-refractivity contribution in [1.82, 2.24) is 42.5 Å². The van der Waals surface area contributed by atoms with E-state index in [4.69, 9.17) is 23.7 Å². The van der Waals surface area contributed by atoms with E-state index in [2.05, 4.69) is 66.1 Å². The maximum Gasteiger partial charge on any atom is 0.146 e. The summed E-state index contributed by atoms with van der Waals surface area (Å²) in [6, 6.07) is 0. The minimum atomic E-state index is 0. The van der Waals surface area contributed by atoms with Crippen LogP contribution < -0.4 is 42.5 Å². The van der Waals surface area contributed by atoms with Gasteiger partial charge in [-0.15, -0.1) is 0 Å². The van der Waals surface area contributed by atoms with E-state index in [1.807, 2.05) is 0 Å². The minimum Gasteiger partial charge on any atom is -0.381 e.